The van der Waals surface area contributed by atoms with Crippen LogP contribution in [-0.4, -0.2) is 77.0 Å². The number of alkyl halides is 3. The van der Waals surface area contributed by atoms with Crippen LogP contribution in [0, 0.1) is 0 Å². The van der Waals surface area contributed by atoms with E-state index in [0.29, 0.717) is 90.8 Å². The number of carbonyl (C=O) groups is 2. The van der Waals surface area contributed by atoms with E-state index in [1.54, 1.807) is 18.2 Å². The standard InChI is InChI=1S/C45H43F3N4O6/c46-45(47,48)32-10-8-29(9-11-32)25-51(33-12-14-35(53)15-13-33)44(55)38-22-40(50-16-4-3-7-39(38)50)36-23-41-42(58-28-57-41)24-37(36)43(54)52-26-31-6-2-1-5-30(31)21-34(52)27-49-17-19-56-20-18-49/h1-2,5-6,8-15,22-24,34,53H,3-4,7,16-21,25-28H2/t34-/m0/s1. The number of ether oxygens (including phenoxy) is 3. The molecule has 1 saturated heterocycles. The van der Waals surface area contributed by atoms with Crippen LogP contribution in [0.1, 0.15) is 61.5 Å². The molecule has 1 N–H and O–H groups in total. The number of aromatic nitrogens is 1. The Labute approximate surface area is 333 Å². The summed E-state index contributed by atoms with van der Waals surface area (Å²) in [4.78, 5) is 35.9. The van der Waals surface area contributed by atoms with Gasteiger partial charge in [0.25, 0.3) is 11.8 Å². The molecule has 2 amide bonds. The van der Waals surface area contributed by atoms with Crippen molar-refractivity contribution in [2.24, 2.45) is 0 Å². The van der Waals surface area contributed by atoms with Gasteiger partial charge in [0.05, 0.1) is 36.4 Å². The summed E-state index contributed by atoms with van der Waals surface area (Å²) in [6, 6.07) is 24.5. The van der Waals surface area contributed by atoms with Gasteiger partial charge in [-0.25, -0.2) is 0 Å². The molecule has 0 aliphatic carbocycles. The van der Waals surface area contributed by atoms with E-state index in [1.165, 1.54) is 34.7 Å². The molecule has 4 aliphatic heterocycles. The first-order valence-electron chi connectivity index (χ1n) is 19.7. The monoisotopic (exact) mass is 792 g/mol. The van der Waals surface area contributed by atoms with E-state index in [-0.39, 0.29) is 36.9 Å². The summed E-state index contributed by atoms with van der Waals surface area (Å²) in [7, 11) is 0. The fourth-order valence-electron chi connectivity index (χ4n) is 8.68. The molecule has 10 nitrogen and oxygen atoms in total. The molecule has 0 radical (unpaired) electrons. The summed E-state index contributed by atoms with van der Waals surface area (Å²) in [5.74, 6) is 0.500. The number of carbonyl (C=O) groups excluding carboxylic acids is 2. The molecule has 4 aromatic carbocycles. The summed E-state index contributed by atoms with van der Waals surface area (Å²) in [5.41, 5.74) is 5.54. The molecule has 0 unspecified atom stereocenters. The van der Waals surface area contributed by atoms with Gasteiger partial charge in [-0.15, -0.1) is 0 Å². The number of benzene rings is 4. The first-order valence-corrected chi connectivity index (χ1v) is 19.7. The van der Waals surface area contributed by atoms with E-state index in [1.807, 2.05) is 29.2 Å². The molecule has 0 saturated carbocycles. The molecule has 1 aromatic heterocycles. The number of nitrogens with zero attached hydrogens (tertiary/aromatic N) is 4. The Kier molecular flexibility index (Phi) is 10.1. The van der Waals surface area contributed by atoms with Crippen LogP contribution in [0.5, 0.6) is 17.2 Å². The number of halogens is 3. The highest BCUT2D eigenvalue weighted by molar-refractivity contribution is 6.09. The number of hydrogen-bond acceptors (Lipinski definition) is 7. The molecule has 4 aliphatic rings. The van der Waals surface area contributed by atoms with Gasteiger partial charge in [0.1, 0.15) is 5.75 Å². The lowest BCUT2D eigenvalue weighted by Crippen LogP contribution is -2.52. The Morgan fingerprint density at radius 1 is 0.828 bits per heavy atom. The van der Waals surface area contributed by atoms with Crippen molar-refractivity contribution in [1.29, 1.82) is 0 Å². The van der Waals surface area contributed by atoms with Crippen LogP contribution in [0.25, 0.3) is 11.3 Å². The third-order valence-corrected chi connectivity index (χ3v) is 11.7. The average molecular weight is 793 g/mol. The summed E-state index contributed by atoms with van der Waals surface area (Å²) >= 11 is 0. The fraction of sp³-hybridized carbons (Fsp3) is 0.333. The number of aromatic hydroxyl groups is 1. The van der Waals surface area contributed by atoms with Gasteiger partial charge in [-0.1, -0.05) is 36.4 Å². The van der Waals surface area contributed by atoms with Crippen LogP contribution in [-0.2, 0) is 43.4 Å². The molecule has 5 aromatic rings. The predicted molar refractivity (Wildman–Crippen MR) is 210 cm³/mol. The summed E-state index contributed by atoms with van der Waals surface area (Å²) in [6.07, 6.45) is -1.45. The summed E-state index contributed by atoms with van der Waals surface area (Å²) in [5, 5.41) is 10.1. The minimum Gasteiger partial charge on any atom is -0.508 e. The van der Waals surface area contributed by atoms with Crippen LogP contribution < -0.4 is 14.4 Å². The van der Waals surface area contributed by atoms with Crippen molar-refractivity contribution in [3.8, 4) is 28.5 Å². The first-order chi connectivity index (χ1) is 28.1. The van der Waals surface area contributed by atoms with Crippen LogP contribution in [0.15, 0.2) is 91.0 Å². The second-order valence-corrected chi connectivity index (χ2v) is 15.3. The Balaban J connectivity index is 1.12. The van der Waals surface area contributed by atoms with Crippen molar-refractivity contribution in [3.63, 3.8) is 0 Å². The Bertz CT molecular complexity index is 2340. The number of phenols is 1. The highest BCUT2D eigenvalue weighted by Gasteiger charge is 2.36. The van der Waals surface area contributed by atoms with E-state index in [4.69, 9.17) is 14.2 Å². The maximum absolute atomic E-state index is 15.2. The van der Waals surface area contributed by atoms with Gasteiger partial charge < -0.3 is 33.7 Å². The van der Waals surface area contributed by atoms with Crippen molar-refractivity contribution in [2.45, 2.75) is 57.5 Å². The van der Waals surface area contributed by atoms with E-state index in [2.05, 4.69) is 21.6 Å². The zero-order valence-electron chi connectivity index (χ0n) is 31.8. The predicted octanol–water partition coefficient (Wildman–Crippen LogP) is 7.69. The smallest absolute Gasteiger partial charge is 0.416 e. The van der Waals surface area contributed by atoms with Crippen molar-refractivity contribution < 1.29 is 42.1 Å². The fourth-order valence-corrected chi connectivity index (χ4v) is 8.68. The molecule has 13 heteroatoms. The third-order valence-electron chi connectivity index (χ3n) is 11.7. The van der Waals surface area contributed by atoms with E-state index < -0.39 is 11.7 Å². The van der Waals surface area contributed by atoms with E-state index >= 15 is 4.79 Å². The lowest BCUT2D eigenvalue weighted by Gasteiger charge is -2.40. The second kappa shape index (κ2) is 15.5. The van der Waals surface area contributed by atoms with Gasteiger partial charge in [-0.05, 0) is 97.0 Å². The van der Waals surface area contributed by atoms with Crippen molar-refractivity contribution in [1.82, 2.24) is 14.4 Å². The van der Waals surface area contributed by atoms with Gasteiger partial charge in [-0.3, -0.25) is 14.5 Å². The summed E-state index contributed by atoms with van der Waals surface area (Å²) < 4.78 is 59.7. The molecule has 0 bridgehead atoms. The van der Waals surface area contributed by atoms with Crippen LogP contribution >= 0.6 is 0 Å². The quantitative estimate of drug-likeness (QED) is 0.172. The summed E-state index contributed by atoms with van der Waals surface area (Å²) in [6.45, 7) is 4.66. The lowest BCUT2D eigenvalue weighted by molar-refractivity contribution is -0.137. The van der Waals surface area contributed by atoms with Crippen molar-refractivity contribution in [3.05, 3.63) is 130 Å². The van der Waals surface area contributed by atoms with Gasteiger partial charge >= 0.3 is 6.18 Å². The zero-order chi connectivity index (χ0) is 40.0. The first kappa shape index (κ1) is 37.8. The minimum absolute atomic E-state index is 0.0126. The Morgan fingerprint density at radius 2 is 1.55 bits per heavy atom. The number of hydrogen-bond donors (Lipinski definition) is 1. The molecule has 300 valence electrons. The molecular weight excluding hydrogens is 750 g/mol. The van der Waals surface area contributed by atoms with Gasteiger partial charge in [-0.2, -0.15) is 13.2 Å². The number of rotatable bonds is 8. The van der Waals surface area contributed by atoms with E-state index in [9.17, 15) is 23.1 Å². The van der Waals surface area contributed by atoms with E-state index in [0.717, 1.165) is 49.3 Å². The SMILES string of the molecule is O=C(c1cc(-c2cc3c(cc2C(=O)N2Cc4ccccc4C[C@H]2CN2CCOCC2)OCO3)n2c1CCCC2)N(Cc1ccc(C(F)(F)F)cc1)c1ccc(O)cc1. The highest BCUT2D eigenvalue weighted by Crippen LogP contribution is 2.43. The molecule has 0 spiro atoms. The largest absolute Gasteiger partial charge is 0.508 e. The minimum atomic E-state index is -4.50. The Morgan fingerprint density at radius 3 is 2.29 bits per heavy atom. The van der Waals surface area contributed by atoms with Gasteiger partial charge in [0.2, 0.25) is 6.79 Å². The number of amides is 2. The number of phenolic OH excluding ortho intramolecular Hbond substituents is 1. The van der Waals surface area contributed by atoms with Gasteiger partial charge in [0.15, 0.2) is 11.5 Å². The third kappa shape index (κ3) is 7.40. The average Bonchev–Trinajstić information content (AvgIpc) is 3.87. The van der Waals surface area contributed by atoms with Gasteiger partial charge in [0, 0.05) is 61.4 Å². The Hall–Kier alpha value is -5.79. The number of morpholine rings is 1. The molecule has 9 rings (SSSR count). The normalized spacial score (nSPS) is 17.8. The molecule has 1 atom stereocenters. The maximum atomic E-state index is 15.2. The van der Waals surface area contributed by atoms with Crippen LogP contribution in [0.3, 0.4) is 0 Å². The van der Waals surface area contributed by atoms with Crippen molar-refractivity contribution >= 4 is 17.5 Å². The van der Waals surface area contributed by atoms with Crippen LogP contribution in [0.4, 0.5) is 18.9 Å². The number of fused-ring (bicyclic) bond motifs is 3. The highest BCUT2D eigenvalue weighted by atomic mass is 19.4. The second-order valence-electron chi connectivity index (χ2n) is 15.3. The van der Waals surface area contributed by atoms with Crippen LogP contribution in [0.2, 0.25) is 0 Å². The van der Waals surface area contributed by atoms with Crippen molar-refractivity contribution in [2.75, 3.05) is 44.5 Å². The topological polar surface area (TPSA) is 96.7 Å². The maximum Gasteiger partial charge on any atom is 0.416 e. The molecule has 5 heterocycles. The zero-order valence-corrected chi connectivity index (χ0v) is 31.8. The molecule has 1 fully saturated rings. The molecule has 58 heavy (non-hydrogen) atoms. The molecular formula is C45H43F3N4O6. The number of anilines is 1. The lowest BCUT2D eigenvalue weighted by atomic mass is 9.92.